The van der Waals surface area contributed by atoms with Crippen LogP contribution in [0.2, 0.25) is 0 Å². The van der Waals surface area contributed by atoms with Crippen LogP contribution in [0.15, 0.2) is 102 Å². The summed E-state index contributed by atoms with van der Waals surface area (Å²) < 4.78 is 46.6. The van der Waals surface area contributed by atoms with Crippen LogP contribution in [0.4, 0.5) is 4.39 Å². The van der Waals surface area contributed by atoms with Crippen molar-refractivity contribution in [3.63, 3.8) is 0 Å². The second kappa shape index (κ2) is 9.03. The van der Waals surface area contributed by atoms with E-state index in [9.17, 15) is 17.6 Å². The number of H-pyrrole nitrogens is 1. The zero-order chi connectivity index (χ0) is 24.4. The van der Waals surface area contributed by atoms with Gasteiger partial charge in [0.05, 0.1) is 0 Å². The van der Waals surface area contributed by atoms with Gasteiger partial charge >= 0.3 is 0 Å². The number of hydrogen-bond acceptors (Lipinski definition) is 5. The van der Waals surface area contributed by atoms with Crippen molar-refractivity contribution < 1.29 is 22.3 Å². The lowest BCUT2D eigenvalue weighted by Gasteiger charge is -2.07. The molecule has 0 saturated carbocycles. The average molecular weight is 488 g/mol. The van der Waals surface area contributed by atoms with Crippen LogP contribution in [-0.2, 0) is 10.0 Å². The molecule has 174 valence electrons. The van der Waals surface area contributed by atoms with Crippen LogP contribution >= 0.6 is 0 Å². The summed E-state index contributed by atoms with van der Waals surface area (Å²) in [6.07, 6.45) is 2.74. The van der Waals surface area contributed by atoms with E-state index in [-0.39, 0.29) is 16.4 Å². The molecule has 9 heteroatoms. The van der Waals surface area contributed by atoms with Crippen molar-refractivity contribution >= 4 is 26.8 Å². The third kappa shape index (κ3) is 4.90. The molecular weight excluding hydrogens is 469 g/mol. The van der Waals surface area contributed by atoms with Crippen LogP contribution in [0.3, 0.4) is 0 Å². The first-order valence-corrected chi connectivity index (χ1v) is 12.0. The fraction of sp³-hybridized carbons (Fsp3) is 0. The minimum Gasteiger partial charge on any atom is -0.457 e. The zero-order valence-electron chi connectivity index (χ0n) is 18.1. The lowest BCUT2D eigenvalue weighted by atomic mass is 10.1. The van der Waals surface area contributed by atoms with Crippen molar-refractivity contribution in [1.29, 1.82) is 0 Å². The number of nitrogens with one attached hydrogen (secondary N) is 2. The molecule has 0 spiro atoms. The Morgan fingerprint density at radius 2 is 1.60 bits per heavy atom. The highest BCUT2D eigenvalue weighted by Crippen LogP contribution is 2.27. The van der Waals surface area contributed by atoms with Crippen LogP contribution in [0, 0.1) is 5.82 Å². The van der Waals surface area contributed by atoms with E-state index in [1.165, 1.54) is 42.6 Å². The Balaban J connectivity index is 1.36. The molecule has 7 nitrogen and oxygen atoms in total. The largest absolute Gasteiger partial charge is 0.457 e. The quantitative estimate of drug-likeness (QED) is 0.339. The smallest absolute Gasteiger partial charge is 0.281 e. The first kappa shape index (κ1) is 22.3. The predicted octanol–water partition coefficient (Wildman–Crippen LogP) is 5.28. The van der Waals surface area contributed by atoms with Gasteiger partial charge in [0, 0.05) is 28.9 Å². The predicted molar refractivity (Wildman–Crippen MR) is 129 cm³/mol. The Morgan fingerprint density at radius 3 is 2.37 bits per heavy atom. The van der Waals surface area contributed by atoms with Crippen molar-refractivity contribution in [3.8, 4) is 22.6 Å². The highest BCUT2D eigenvalue weighted by atomic mass is 32.2. The molecule has 5 rings (SSSR count). The Bertz CT molecular complexity index is 1630. The number of carbonyl (C=O) groups is 1. The summed E-state index contributed by atoms with van der Waals surface area (Å²) in [5.41, 5.74) is 2.10. The van der Waals surface area contributed by atoms with E-state index in [0.717, 1.165) is 5.56 Å². The van der Waals surface area contributed by atoms with Crippen molar-refractivity contribution in [2.24, 2.45) is 0 Å². The first-order chi connectivity index (χ1) is 16.9. The highest BCUT2D eigenvalue weighted by molar-refractivity contribution is 7.90. The molecule has 5 aromatic rings. The van der Waals surface area contributed by atoms with Gasteiger partial charge in [0.1, 0.15) is 27.9 Å². The minimum absolute atomic E-state index is 0.0645. The van der Waals surface area contributed by atoms with Gasteiger partial charge in [-0.1, -0.05) is 30.3 Å². The molecular formula is C26H18FN3O4S. The van der Waals surface area contributed by atoms with E-state index in [2.05, 4.69) is 14.7 Å². The number of aromatic nitrogens is 2. The van der Waals surface area contributed by atoms with Gasteiger partial charge in [0.15, 0.2) is 0 Å². The molecule has 3 aromatic carbocycles. The van der Waals surface area contributed by atoms with Crippen molar-refractivity contribution in [2.75, 3.05) is 0 Å². The number of pyridine rings is 1. The van der Waals surface area contributed by atoms with E-state index in [1.807, 2.05) is 30.3 Å². The Kier molecular flexibility index (Phi) is 5.76. The molecule has 0 aliphatic carbocycles. The van der Waals surface area contributed by atoms with Crippen molar-refractivity contribution in [3.05, 3.63) is 109 Å². The van der Waals surface area contributed by atoms with Crippen molar-refractivity contribution in [2.45, 2.75) is 4.90 Å². The molecule has 35 heavy (non-hydrogen) atoms. The van der Waals surface area contributed by atoms with Gasteiger partial charge in [0.25, 0.3) is 15.9 Å². The molecule has 0 radical (unpaired) electrons. The van der Waals surface area contributed by atoms with E-state index in [1.54, 1.807) is 24.4 Å². The molecule has 0 unspecified atom stereocenters. The zero-order valence-corrected chi connectivity index (χ0v) is 18.9. The summed E-state index contributed by atoms with van der Waals surface area (Å²) in [5, 5.41) is 0.639. The number of hydrogen-bond donors (Lipinski definition) is 2. The molecule has 2 heterocycles. The van der Waals surface area contributed by atoms with Crippen molar-refractivity contribution in [1.82, 2.24) is 14.7 Å². The Hall–Kier alpha value is -4.50. The van der Waals surface area contributed by atoms with Crippen LogP contribution < -0.4 is 9.46 Å². The SMILES string of the molecule is O=C(NS(=O)(=O)c1cncc(-c2ccccc2)c1)c1cc2cc(Oc3ccc(F)cc3)ccc2[nH]1. The number of ether oxygens (including phenoxy) is 1. The molecule has 1 amide bonds. The number of carbonyl (C=O) groups excluding carboxylic acids is 1. The van der Waals surface area contributed by atoms with Gasteiger partial charge < -0.3 is 9.72 Å². The molecule has 0 bridgehead atoms. The number of rotatable bonds is 6. The van der Waals surface area contributed by atoms with Gasteiger partial charge in [0.2, 0.25) is 0 Å². The van der Waals surface area contributed by atoms with E-state index >= 15 is 0 Å². The van der Waals surface area contributed by atoms with Crippen LogP contribution in [0.1, 0.15) is 10.5 Å². The lowest BCUT2D eigenvalue weighted by molar-refractivity contribution is 0.0977. The van der Waals surface area contributed by atoms with Gasteiger partial charge in [-0.15, -0.1) is 0 Å². The Morgan fingerprint density at radius 1 is 0.857 bits per heavy atom. The fourth-order valence-corrected chi connectivity index (χ4v) is 4.48. The maximum absolute atomic E-state index is 13.1. The Labute approximate surface area is 200 Å². The van der Waals surface area contributed by atoms with Crippen LogP contribution in [0.25, 0.3) is 22.0 Å². The number of benzene rings is 3. The molecule has 2 N–H and O–H groups in total. The normalized spacial score (nSPS) is 11.3. The topological polar surface area (TPSA) is 101 Å². The number of amides is 1. The molecule has 0 fully saturated rings. The number of halogens is 1. The maximum atomic E-state index is 13.1. The fourth-order valence-electron chi connectivity index (χ4n) is 3.53. The molecule has 0 atom stereocenters. The standard InChI is InChI=1S/C26H18FN3O4S/c27-20-6-8-21(9-7-20)34-22-10-11-24-18(12-22)14-25(29-24)26(31)30-35(32,33)23-13-19(15-28-16-23)17-4-2-1-3-5-17/h1-16,29H,(H,30,31). The first-order valence-electron chi connectivity index (χ1n) is 10.5. The summed E-state index contributed by atoms with van der Waals surface area (Å²) in [5.74, 6) is -0.248. The van der Waals surface area contributed by atoms with Gasteiger partial charge in [-0.3, -0.25) is 9.78 Å². The average Bonchev–Trinajstić information content (AvgIpc) is 3.30. The number of sulfonamides is 1. The molecule has 0 aliphatic heterocycles. The van der Waals surface area contributed by atoms with Gasteiger partial charge in [-0.05, 0) is 60.2 Å². The second-order valence-corrected chi connectivity index (χ2v) is 9.38. The van der Waals surface area contributed by atoms with E-state index in [4.69, 9.17) is 4.74 Å². The maximum Gasteiger partial charge on any atom is 0.281 e. The third-order valence-corrected chi connectivity index (χ3v) is 6.54. The van der Waals surface area contributed by atoms with Crippen LogP contribution in [0.5, 0.6) is 11.5 Å². The summed E-state index contributed by atoms with van der Waals surface area (Å²) in [4.78, 5) is 19.6. The third-order valence-electron chi connectivity index (χ3n) is 5.24. The number of aromatic amines is 1. The minimum atomic E-state index is -4.17. The summed E-state index contributed by atoms with van der Waals surface area (Å²) in [6.45, 7) is 0. The monoisotopic (exact) mass is 487 g/mol. The molecule has 0 saturated heterocycles. The van der Waals surface area contributed by atoms with Gasteiger partial charge in [-0.25, -0.2) is 17.5 Å². The summed E-state index contributed by atoms with van der Waals surface area (Å²) >= 11 is 0. The molecule has 0 aliphatic rings. The summed E-state index contributed by atoms with van der Waals surface area (Å²) in [7, 11) is -4.17. The highest BCUT2D eigenvalue weighted by Gasteiger charge is 2.21. The number of nitrogens with zero attached hydrogens (tertiary/aromatic N) is 1. The lowest BCUT2D eigenvalue weighted by Crippen LogP contribution is -2.30. The second-order valence-electron chi connectivity index (χ2n) is 7.70. The van der Waals surface area contributed by atoms with Crippen LogP contribution in [-0.4, -0.2) is 24.3 Å². The number of fused-ring (bicyclic) bond motifs is 1. The van der Waals surface area contributed by atoms with E-state index in [0.29, 0.717) is 28.0 Å². The summed E-state index contributed by atoms with van der Waals surface area (Å²) in [6, 6.07) is 22.8. The molecule has 2 aromatic heterocycles. The van der Waals surface area contributed by atoms with Gasteiger partial charge in [-0.2, -0.15) is 0 Å². The van der Waals surface area contributed by atoms with E-state index < -0.39 is 15.9 Å².